The van der Waals surface area contributed by atoms with Crippen molar-refractivity contribution in [1.29, 1.82) is 5.26 Å². The molecule has 2 aliphatic carbocycles. The summed E-state index contributed by atoms with van der Waals surface area (Å²) in [5.41, 5.74) is -0.358. The lowest BCUT2D eigenvalue weighted by Crippen LogP contribution is -2.43. The molecule has 2 aliphatic rings. The van der Waals surface area contributed by atoms with Crippen molar-refractivity contribution in [2.75, 3.05) is 6.61 Å². The van der Waals surface area contributed by atoms with Crippen LogP contribution in [0.3, 0.4) is 0 Å². The van der Waals surface area contributed by atoms with Crippen molar-refractivity contribution in [3.05, 3.63) is 48.0 Å². The van der Waals surface area contributed by atoms with Crippen LogP contribution in [-0.4, -0.2) is 24.6 Å². The van der Waals surface area contributed by atoms with Gasteiger partial charge in [-0.25, -0.2) is 4.79 Å². The maximum absolute atomic E-state index is 13.0. The molecule has 130 valence electrons. The van der Waals surface area contributed by atoms with Gasteiger partial charge < -0.3 is 9.47 Å². The quantitative estimate of drug-likeness (QED) is 0.609. The number of hydrogen-bond donors (Lipinski definition) is 0. The number of benzene rings is 1. The topological polar surface area (TPSA) is 76.4 Å². The predicted molar refractivity (Wildman–Crippen MR) is 90.2 cm³/mol. The Morgan fingerprint density at radius 3 is 2.68 bits per heavy atom. The summed E-state index contributed by atoms with van der Waals surface area (Å²) >= 11 is 0. The number of nitriles is 1. The second kappa shape index (κ2) is 6.72. The molecule has 5 atom stereocenters. The normalized spacial score (nSPS) is 30.5. The summed E-state index contributed by atoms with van der Waals surface area (Å²) in [6, 6.07) is 11.8. The maximum atomic E-state index is 13.0. The molecular weight excluding hydrogens is 318 g/mol. The van der Waals surface area contributed by atoms with Gasteiger partial charge in [-0.1, -0.05) is 42.5 Å². The SMILES string of the molecule is CCOC(=O)[C@H](C)OC(=O)[C@@]1(C#N)[C@@H]2C=C[C@@H](C2)[C@@H]1c1ccccc1. The van der Waals surface area contributed by atoms with Crippen molar-refractivity contribution in [2.45, 2.75) is 32.3 Å². The lowest BCUT2D eigenvalue weighted by Gasteiger charge is -2.34. The molecule has 0 heterocycles. The van der Waals surface area contributed by atoms with Crippen molar-refractivity contribution in [1.82, 2.24) is 0 Å². The maximum Gasteiger partial charge on any atom is 0.347 e. The number of hydrogen-bond acceptors (Lipinski definition) is 5. The van der Waals surface area contributed by atoms with Crippen LogP contribution < -0.4 is 0 Å². The van der Waals surface area contributed by atoms with Crippen molar-refractivity contribution >= 4 is 11.9 Å². The van der Waals surface area contributed by atoms with E-state index >= 15 is 0 Å². The molecule has 0 radical (unpaired) electrons. The van der Waals surface area contributed by atoms with Crippen molar-refractivity contribution in [3.63, 3.8) is 0 Å². The van der Waals surface area contributed by atoms with Crippen LogP contribution in [0.5, 0.6) is 0 Å². The van der Waals surface area contributed by atoms with Crippen LogP contribution in [0.4, 0.5) is 0 Å². The molecule has 0 N–H and O–H groups in total. The van der Waals surface area contributed by atoms with Gasteiger partial charge in [0.05, 0.1) is 12.7 Å². The highest BCUT2D eigenvalue weighted by atomic mass is 16.6. The minimum Gasteiger partial charge on any atom is -0.463 e. The third kappa shape index (κ3) is 2.72. The number of fused-ring (bicyclic) bond motifs is 2. The first-order chi connectivity index (χ1) is 12.0. The van der Waals surface area contributed by atoms with E-state index < -0.39 is 23.5 Å². The number of nitrogens with zero attached hydrogens (tertiary/aromatic N) is 1. The van der Waals surface area contributed by atoms with Gasteiger partial charge in [-0.2, -0.15) is 5.26 Å². The van der Waals surface area contributed by atoms with Crippen LogP contribution in [-0.2, 0) is 19.1 Å². The standard InChI is InChI=1S/C20H21NO4/c1-3-24-18(22)13(2)25-19(23)20(12-21)16-10-9-15(11-16)17(20)14-7-5-4-6-8-14/h4-10,13,15-17H,3,11H2,1-2H3/t13-,15-,16+,17-,20-/m0/s1. The number of ether oxygens (including phenoxy) is 2. The summed E-state index contributed by atoms with van der Waals surface area (Å²) < 4.78 is 10.3. The highest BCUT2D eigenvalue weighted by Gasteiger charge is 2.63. The molecule has 0 aliphatic heterocycles. The van der Waals surface area contributed by atoms with Crippen LogP contribution in [0.1, 0.15) is 31.7 Å². The summed E-state index contributed by atoms with van der Waals surface area (Å²) in [6.45, 7) is 3.38. The number of rotatable bonds is 5. The van der Waals surface area contributed by atoms with Crippen molar-refractivity contribution in [2.24, 2.45) is 17.3 Å². The van der Waals surface area contributed by atoms with E-state index in [1.165, 1.54) is 6.92 Å². The second-order valence-corrected chi connectivity index (χ2v) is 6.56. The van der Waals surface area contributed by atoms with Gasteiger partial charge in [0.2, 0.25) is 0 Å². The lowest BCUT2D eigenvalue weighted by molar-refractivity contribution is -0.172. The monoisotopic (exact) mass is 339 g/mol. The highest BCUT2D eigenvalue weighted by Crippen LogP contribution is 2.61. The zero-order valence-electron chi connectivity index (χ0n) is 14.3. The van der Waals surface area contributed by atoms with E-state index in [1.807, 2.05) is 36.4 Å². The molecule has 0 saturated heterocycles. The Morgan fingerprint density at radius 2 is 2.04 bits per heavy atom. The van der Waals surface area contributed by atoms with E-state index in [-0.39, 0.29) is 24.4 Å². The molecule has 2 bridgehead atoms. The molecule has 5 nitrogen and oxygen atoms in total. The smallest absolute Gasteiger partial charge is 0.347 e. The van der Waals surface area contributed by atoms with E-state index in [4.69, 9.17) is 9.47 Å². The fraction of sp³-hybridized carbons (Fsp3) is 0.450. The van der Waals surface area contributed by atoms with Gasteiger partial charge in [0.1, 0.15) is 0 Å². The van der Waals surface area contributed by atoms with E-state index in [2.05, 4.69) is 12.1 Å². The molecule has 25 heavy (non-hydrogen) atoms. The van der Waals surface area contributed by atoms with Crippen LogP contribution >= 0.6 is 0 Å². The van der Waals surface area contributed by atoms with Gasteiger partial charge in [0.15, 0.2) is 11.5 Å². The molecule has 1 aromatic rings. The molecule has 1 fully saturated rings. The zero-order chi connectivity index (χ0) is 18.0. The molecule has 1 saturated carbocycles. The minimum absolute atomic E-state index is 0.123. The fourth-order valence-corrected chi connectivity index (χ4v) is 4.09. The Kier molecular flexibility index (Phi) is 4.63. The molecule has 5 heteroatoms. The summed E-state index contributed by atoms with van der Waals surface area (Å²) in [6.07, 6.45) is 3.73. The predicted octanol–water partition coefficient (Wildman–Crippen LogP) is 2.98. The van der Waals surface area contributed by atoms with E-state index in [0.29, 0.717) is 0 Å². The van der Waals surface area contributed by atoms with Gasteiger partial charge in [-0.05, 0) is 31.7 Å². The average Bonchev–Trinajstić information content (AvgIpc) is 3.22. The molecule has 3 rings (SSSR count). The molecule has 0 spiro atoms. The number of allylic oxidation sites excluding steroid dienone is 2. The zero-order valence-corrected chi connectivity index (χ0v) is 14.3. The van der Waals surface area contributed by atoms with Crippen LogP contribution in [0.25, 0.3) is 0 Å². The lowest BCUT2D eigenvalue weighted by atomic mass is 9.66. The Labute approximate surface area is 147 Å². The molecule has 0 unspecified atom stereocenters. The first-order valence-electron chi connectivity index (χ1n) is 8.56. The first kappa shape index (κ1) is 17.2. The first-order valence-corrected chi connectivity index (χ1v) is 8.56. The third-order valence-electron chi connectivity index (χ3n) is 5.20. The summed E-state index contributed by atoms with van der Waals surface area (Å²) in [4.78, 5) is 24.8. The number of carbonyl (C=O) groups is 2. The number of carbonyl (C=O) groups excluding carboxylic acids is 2. The van der Waals surface area contributed by atoms with Crippen molar-refractivity contribution < 1.29 is 19.1 Å². The van der Waals surface area contributed by atoms with Gasteiger partial charge in [0.25, 0.3) is 0 Å². The Morgan fingerprint density at radius 1 is 1.32 bits per heavy atom. The Bertz CT molecular complexity index is 736. The van der Waals surface area contributed by atoms with Crippen molar-refractivity contribution in [3.8, 4) is 6.07 Å². The molecule has 1 aromatic carbocycles. The summed E-state index contributed by atoms with van der Waals surface area (Å²) in [5, 5.41) is 9.99. The van der Waals surface area contributed by atoms with Gasteiger partial charge >= 0.3 is 11.9 Å². The van der Waals surface area contributed by atoms with Gasteiger partial charge in [0, 0.05) is 11.8 Å². The van der Waals surface area contributed by atoms with Gasteiger partial charge in [-0.3, -0.25) is 4.79 Å². The highest BCUT2D eigenvalue weighted by molar-refractivity contribution is 5.86. The second-order valence-electron chi connectivity index (χ2n) is 6.56. The van der Waals surface area contributed by atoms with Crippen LogP contribution in [0.2, 0.25) is 0 Å². The van der Waals surface area contributed by atoms with E-state index in [9.17, 15) is 14.9 Å². The summed E-state index contributed by atoms with van der Waals surface area (Å²) in [7, 11) is 0. The number of esters is 2. The summed E-state index contributed by atoms with van der Waals surface area (Å²) in [5.74, 6) is -1.58. The van der Waals surface area contributed by atoms with Crippen LogP contribution in [0.15, 0.2) is 42.5 Å². The third-order valence-corrected chi connectivity index (χ3v) is 5.20. The molecule has 0 aromatic heterocycles. The Balaban J connectivity index is 1.92. The average molecular weight is 339 g/mol. The van der Waals surface area contributed by atoms with Crippen LogP contribution in [0, 0.1) is 28.6 Å². The molecule has 0 amide bonds. The fourth-order valence-electron chi connectivity index (χ4n) is 4.09. The minimum atomic E-state index is -1.30. The van der Waals surface area contributed by atoms with Gasteiger partial charge in [-0.15, -0.1) is 0 Å². The largest absolute Gasteiger partial charge is 0.463 e. The van der Waals surface area contributed by atoms with E-state index in [1.54, 1.807) is 6.92 Å². The molecular formula is C20H21NO4. The Hall–Kier alpha value is -2.61. The van der Waals surface area contributed by atoms with E-state index in [0.717, 1.165) is 12.0 Å².